The lowest BCUT2D eigenvalue weighted by atomic mass is 9.48. The van der Waals surface area contributed by atoms with Gasteiger partial charge in [-0.2, -0.15) is 0 Å². The van der Waals surface area contributed by atoms with E-state index in [-0.39, 0.29) is 11.7 Å². The van der Waals surface area contributed by atoms with Crippen LogP contribution in [0.4, 0.5) is 0 Å². The first kappa shape index (κ1) is 15.9. The van der Waals surface area contributed by atoms with Gasteiger partial charge in [0.2, 0.25) is 0 Å². The number of hydrogen-bond acceptors (Lipinski definition) is 2. The molecule has 4 fully saturated rings. The third-order valence-electron chi connectivity index (χ3n) is 6.74. The molecule has 4 aliphatic carbocycles. The average Bonchev–Trinajstić information content (AvgIpc) is 2.58. The molecule has 4 bridgehead atoms. The number of amides is 1. The first-order valence-electron chi connectivity index (χ1n) is 9.42. The maximum absolute atomic E-state index is 12.6. The largest absolute Gasteiger partial charge is 0.355 e. The minimum absolute atomic E-state index is 0.109. The molecule has 0 saturated heterocycles. The molecule has 4 aliphatic rings. The first-order chi connectivity index (χ1) is 11.6. The van der Waals surface area contributed by atoms with Crippen LogP contribution < -0.4 is 5.32 Å². The van der Waals surface area contributed by atoms with E-state index in [1.165, 1.54) is 38.5 Å². The fraction of sp³-hybridized carbons (Fsp3) is 0.619. The van der Waals surface area contributed by atoms with Crippen molar-refractivity contribution >= 4 is 11.7 Å². The molecule has 0 radical (unpaired) electrons. The molecule has 1 aromatic carbocycles. The van der Waals surface area contributed by atoms with Crippen molar-refractivity contribution in [2.45, 2.75) is 51.4 Å². The molecule has 1 aromatic rings. The summed E-state index contributed by atoms with van der Waals surface area (Å²) in [5.74, 6) is 2.95. The maximum Gasteiger partial charge on any atom is 0.251 e. The van der Waals surface area contributed by atoms with E-state index < -0.39 is 0 Å². The van der Waals surface area contributed by atoms with Crippen molar-refractivity contribution in [3.05, 3.63) is 35.4 Å². The molecule has 1 N–H and O–H groups in total. The van der Waals surface area contributed by atoms with Gasteiger partial charge in [-0.3, -0.25) is 9.59 Å². The van der Waals surface area contributed by atoms with Crippen LogP contribution in [-0.4, -0.2) is 18.7 Å². The van der Waals surface area contributed by atoms with Crippen molar-refractivity contribution in [3.8, 4) is 0 Å². The molecule has 24 heavy (non-hydrogen) atoms. The molecule has 0 aromatic heterocycles. The number of rotatable bonds is 5. The molecule has 3 nitrogen and oxygen atoms in total. The minimum atomic E-state index is -0.109. The van der Waals surface area contributed by atoms with Crippen molar-refractivity contribution in [3.63, 3.8) is 0 Å². The Morgan fingerprint density at radius 2 is 1.46 bits per heavy atom. The first-order valence-corrected chi connectivity index (χ1v) is 9.42. The lowest BCUT2D eigenvalue weighted by Crippen LogP contribution is -2.46. The summed E-state index contributed by atoms with van der Waals surface area (Å²) in [6.07, 6.45) is 10.2. The van der Waals surface area contributed by atoms with Crippen molar-refractivity contribution in [1.29, 1.82) is 0 Å². The van der Waals surface area contributed by atoms with E-state index in [4.69, 9.17) is 0 Å². The van der Waals surface area contributed by atoms with Gasteiger partial charge in [-0.05, 0) is 80.2 Å². The van der Waals surface area contributed by atoms with Crippen LogP contribution in [0, 0.1) is 23.2 Å². The second-order valence-electron chi connectivity index (χ2n) is 8.50. The summed E-state index contributed by atoms with van der Waals surface area (Å²) in [5, 5.41) is 2.61. The van der Waals surface area contributed by atoms with Crippen LogP contribution in [0.3, 0.4) is 0 Å². The van der Waals surface area contributed by atoms with E-state index in [1.54, 1.807) is 31.3 Å². The summed E-state index contributed by atoms with van der Waals surface area (Å²) >= 11 is 0. The Kier molecular flexibility index (Phi) is 3.98. The highest BCUT2D eigenvalue weighted by Gasteiger charge is 2.50. The molecular weight excluding hydrogens is 298 g/mol. The van der Waals surface area contributed by atoms with Crippen molar-refractivity contribution in [2.75, 3.05) is 7.05 Å². The Bertz CT molecular complexity index is 611. The molecule has 0 spiro atoms. The predicted molar refractivity (Wildman–Crippen MR) is 94.0 cm³/mol. The highest BCUT2D eigenvalue weighted by Crippen LogP contribution is 2.61. The zero-order valence-electron chi connectivity index (χ0n) is 14.5. The second kappa shape index (κ2) is 6.02. The van der Waals surface area contributed by atoms with Gasteiger partial charge in [-0.1, -0.05) is 12.1 Å². The van der Waals surface area contributed by atoms with Crippen molar-refractivity contribution < 1.29 is 9.59 Å². The molecule has 0 atom stereocenters. The molecule has 5 rings (SSSR count). The summed E-state index contributed by atoms with van der Waals surface area (Å²) < 4.78 is 0. The monoisotopic (exact) mass is 325 g/mol. The smallest absolute Gasteiger partial charge is 0.251 e. The quantitative estimate of drug-likeness (QED) is 0.824. The van der Waals surface area contributed by atoms with E-state index in [9.17, 15) is 9.59 Å². The minimum Gasteiger partial charge on any atom is -0.355 e. The molecule has 3 heteroatoms. The molecule has 0 aliphatic heterocycles. The SMILES string of the molecule is CNC(=O)c1ccc(C(=O)CCC23CC4CC(CC(C4)C2)C3)cc1. The van der Waals surface area contributed by atoms with Gasteiger partial charge in [-0.25, -0.2) is 0 Å². The Morgan fingerprint density at radius 1 is 0.958 bits per heavy atom. The summed E-state index contributed by atoms with van der Waals surface area (Å²) in [6.45, 7) is 0. The van der Waals surface area contributed by atoms with Crippen LogP contribution in [0.2, 0.25) is 0 Å². The Morgan fingerprint density at radius 3 is 1.96 bits per heavy atom. The van der Waals surface area contributed by atoms with Crippen LogP contribution in [0.25, 0.3) is 0 Å². The average molecular weight is 325 g/mol. The van der Waals surface area contributed by atoms with Gasteiger partial charge < -0.3 is 5.32 Å². The van der Waals surface area contributed by atoms with Crippen LogP contribution in [0.15, 0.2) is 24.3 Å². The number of carbonyl (C=O) groups excluding carboxylic acids is 2. The maximum atomic E-state index is 12.6. The number of carbonyl (C=O) groups is 2. The van der Waals surface area contributed by atoms with Crippen LogP contribution in [0.1, 0.15) is 72.1 Å². The van der Waals surface area contributed by atoms with Gasteiger partial charge in [-0.15, -0.1) is 0 Å². The fourth-order valence-corrected chi connectivity index (χ4v) is 6.07. The highest BCUT2D eigenvalue weighted by atomic mass is 16.1. The van der Waals surface area contributed by atoms with E-state index in [1.807, 2.05) is 0 Å². The standard InChI is InChI=1S/C21H27NO2/c1-22-20(24)18-4-2-17(3-5-18)19(23)6-7-21-11-14-8-15(12-21)10-16(9-14)13-21/h2-5,14-16H,6-13H2,1H3,(H,22,24). The van der Waals surface area contributed by atoms with E-state index in [0.717, 1.165) is 29.7 Å². The summed E-state index contributed by atoms with van der Waals surface area (Å²) in [6, 6.07) is 7.09. The third kappa shape index (κ3) is 2.89. The highest BCUT2D eigenvalue weighted by molar-refractivity contribution is 5.98. The predicted octanol–water partition coefficient (Wildman–Crippen LogP) is 4.23. The lowest BCUT2D eigenvalue weighted by molar-refractivity contribution is -0.0570. The van der Waals surface area contributed by atoms with Gasteiger partial charge >= 0.3 is 0 Å². The van der Waals surface area contributed by atoms with Crippen LogP contribution >= 0.6 is 0 Å². The lowest BCUT2D eigenvalue weighted by Gasteiger charge is -2.57. The van der Waals surface area contributed by atoms with Gasteiger partial charge in [0.05, 0.1) is 0 Å². The zero-order valence-corrected chi connectivity index (χ0v) is 14.5. The van der Waals surface area contributed by atoms with Crippen LogP contribution in [0.5, 0.6) is 0 Å². The Balaban J connectivity index is 1.39. The molecule has 4 saturated carbocycles. The van der Waals surface area contributed by atoms with E-state index >= 15 is 0 Å². The molecule has 1 amide bonds. The number of hydrogen-bond donors (Lipinski definition) is 1. The summed E-state index contributed by atoms with van der Waals surface area (Å²) in [7, 11) is 1.62. The molecule has 0 unspecified atom stereocenters. The topological polar surface area (TPSA) is 46.2 Å². The zero-order chi connectivity index (χ0) is 16.7. The van der Waals surface area contributed by atoms with Gasteiger partial charge in [0.1, 0.15) is 0 Å². The number of benzene rings is 1. The molecular formula is C21H27NO2. The van der Waals surface area contributed by atoms with Gasteiger partial charge in [0.15, 0.2) is 5.78 Å². The number of Topliss-reactive ketones (excluding diaryl/α,β-unsaturated/α-hetero) is 1. The number of ketones is 1. The summed E-state index contributed by atoms with van der Waals surface area (Å²) in [5.41, 5.74) is 1.81. The van der Waals surface area contributed by atoms with Gasteiger partial charge in [0, 0.05) is 24.6 Å². The molecule has 128 valence electrons. The third-order valence-corrected chi connectivity index (χ3v) is 6.74. The Labute approximate surface area is 144 Å². The normalized spacial score (nSPS) is 33.5. The van der Waals surface area contributed by atoms with Crippen molar-refractivity contribution in [1.82, 2.24) is 5.32 Å². The summed E-state index contributed by atoms with van der Waals surface area (Å²) in [4.78, 5) is 24.2. The second-order valence-corrected chi connectivity index (χ2v) is 8.50. The molecule has 0 heterocycles. The fourth-order valence-electron chi connectivity index (χ4n) is 6.07. The Hall–Kier alpha value is -1.64. The van der Waals surface area contributed by atoms with Gasteiger partial charge in [0.25, 0.3) is 5.91 Å². The van der Waals surface area contributed by atoms with E-state index in [0.29, 0.717) is 17.4 Å². The van der Waals surface area contributed by atoms with Crippen LogP contribution in [-0.2, 0) is 0 Å². The number of nitrogens with one attached hydrogen (secondary N) is 1. The van der Waals surface area contributed by atoms with E-state index in [2.05, 4.69) is 5.32 Å². The van der Waals surface area contributed by atoms with Crippen molar-refractivity contribution in [2.24, 2.45) is 23.2 Å².